The zero-order valence-corrected chi connectivity index (χ0v) is 15.7. The van der Waals surface area contributed by atoms with Gasteiger partial charge in [-0.3, -0.25) is 9.10 Å². The van der Waals surface area contributed by atoms with Crippen LogP contribution in [0.15, 0.2) is 18.2 Å². The highest BCUT2D eigenvalue weighted by Crippen LogP contribution is 2.24. The fourth-order valence-electron chi connectivity index (χ4n) is 3.23. The molecule has 1 heterocycles. The van der Waals surface area contributed by atoms with Crippen molar-refractivity contribution in [2.24, 2.45) is 0 Å². The van der Waals surface area contributed by atoms with E-state index < -0.39 is 10.0 Å². The number of carbonyl (C=O) groups excluding carboxylic acids is 1. The number of hydrogen-bond donors (Lipinski definition) is 0. The van der Waals surface area contributed by atoms with Crippen molar-refractivity contribution < 1.29 is 13.2 Å². The molecule has 1 aliphatic rings. The Bertz CT molecular complexity index is 678. The molecule has 1 amide bonds. The highest BCUT2D eigenvalue weighted by Gasteiger charge is 2.22. The molecule has 0 bridgehead atoms. The Morgan fingerprint density at radius 1 is 1.12 bits per heavy atom. The van der Waals surface area contributed by atoms with Gasteiger partial charge in [0.25, 0.3) is 0 Å². The number of carbonyl (C=O) groups is 1. The summed E-state index contributed by atoms with van der Waals surface area (Å²) in [5.41, 5.74) is 2.65. The summed E-state index contributed by atoms with van der Waals surface area (Å²) >= 11 is 0. The zero-order valence-electron chi connectivity index (χ0n) is 14.9. The molecule has 0 spiro atoms. The fraction of sp³-hybridized carbons (Fsp3) is 0.611. The van der Waals surface area contributed by atoms with Crippen LogP contribution in [0.3, 0.4) is 0 Å². The van der Waals surface area contributed by atoms with Crippen LogP contribution in [-0.4, -0.2) is 45.1 Å². The number of nitrogens with zero attached hydrogens (tertiary/aromatic N) is 2. The average Bonchev–Trinajstić information content (AvgIpc) is 2.77. The Kier molecular flexibility index (Phi) is 6.27. The largest absolute Gasteiger partial charge is 0.343 e. The first kappa shape index (κ1) is 18.8. The SMILES string of the molecule is Cc1ccc(N(CCC(=O)N2CCCCCC2)S(C)(=O)=O)c(C)c1. The van der Waals surface area contributed by atoms with Crippen molar-refractivity contribution in [2.75, 3.05) is 30.2 Å². The maximum absolute atomic E-state index is 12.5. The van der Waals surface area contributed by atoms with Crippen molar-refractivity contribution in [1.82, 2.24) is 4.90 Å². The first-order chi connectivity index (χ1) is 11.3. The molecule has 0 saturated carbocycles. The van der Waals surface area contributed by atoms with Gasteiger partial charge in [-0.1, -0.05) is 30.5 Å². The monoisotopic (exact) mass is 352 g/mol. The standard InChI is InChI=1S/C18H28N2O3S/c1-15-8-9-17(16(2)14-15)20(24(3,22)23)13-10-18(21)19-11-6-4-5-7-12-19/h8-9,14H,4-7,10-13H2,1-3H3. The van der Waals surface area contributed by atoms with E-state index in [9.17, 15) is 13.2 Å². The molecule has 2 rings (SSSR count). The van der Waals surface area contributed by atoms with Gasteiger partial charge in [0.15, 0.2) is 0 Å². The van der Waals surface area contributed by atoms with Gasteiger partial charge in [-0.15, -0.1) is 0 Å². The van der Waals surface area contributed by atoms with Crippen molar-refractivity contribution in [3.8, 4) is 0 Å². The lowest BCUT2D eigenvalue weighted by molar-refractivity contribution is -0.130. The lowest BCUT2D eigenvalue weighted by Crippen LogP contribution is -2.37. The minimum Gasteiger partial charge on any atom is -0.343 e. The second-order valence-electron chi connectivity index (χ2n) is 6.67. The average molecular weight is 353 g/mol. The number of hydrogen-bond acceptors (Lipinski definition) is 3. The molecular formula is C18H28N2O3S. The zero-order chi connectivity index (χ0) is 17.7. The summed E-state index contributed by atoms with van der Waals surface area (Å²) in [5.74, 6) is 0.0512. The van der Waals surface area contributed by atoms with Crippen LogP contribution >= 0.6 is 0 Å². The van der Waals surface area contributed by atoms with E-state index in [1.165, 1.54) is 23.4 Å². The molecule has 0 unspecified atom stereocenters. The van der Waals surface area contributed by atoms with E-state index >= 15 is 0 Å². The van der Waals surface area contributed by atoms with Crippen LogP contribution in [0.2, 0.25) is 0 Å². The molecule has 1 saturated heterocycles. The molecule has 6 heteroatoms. The molecule has 1 fully saturated rings. The highest BCUT2D eigenvalue weighted by molar-refractivity contribution is 7.92. The van der Waals surface area contributed by atoms with Gasteiger partial charge < -0.3 is 4.90 Å². The van der Waals surface area contributed by atoms with Crippen molar-refractivity contribution in [3.63, 3.8) is 0 Å². The number of rotatable bonds is 5. The van der Waals surface area contributed by atoms with Crippen LogP contribution in [0.5, 0.6) is 0 Å². The minimum atomic E-state index is -3.42. The third-order valence-electron chi connectivity index (χ3n) is 4.51. The van der Waals surface area contributed by atoms with E-state index in [-0.39, 0.29) is 18.9 Å². The summed E-state index contributed by atoms with van der Waals surface area (Å²) in [6.45, 7) is 5.65. The molecule has 0 atom stereocenters. The Labute approximate surface area is 145 Å². The van der Waals surface area contributed by atoms with E-state index in [0.29, 0.717) is 5.69 Å². The molecule has 0 aliphatic carbocycles. The number of sulfonamides is 1. The Balaban J connectivity index is 2.11. The minimum absolute atomic E-state index is 0.0512. The molecule has 0 N–H and O–H groups in total. The van der Waals surface area contributed by atoms with Crippen molar-refractivity contribution in [2.45, 2.75) is 46.0 Å². The van der Waals surface area contributed by atoms with E-state index in [2.05, 4.69) is 0 Å². The summed E-state index contributed by atoms with van der Waals surface area (Å²) in [4.78, 5) is 14.3. The van der Waals surface area contributed by atoms with Gasteiger partial charge in [-0.25, -0.2) is 8.42 Å². The van der Waals surface area contributed by atoms with Gasteiger partial charge in [-0.05, 0) is 38.3 Å². The molecule has 24 heavy (non-hydrogen) atoms. The second kappa shape index (κ2) is 8.01. The first-order valence-corrected chi connectivity index (χ1v) is 10.5. The van der Waals surface area contributed by atoms with E-state index in [1.54, 1.807) is 0 Å². The van der Waals surface area contributed by atoms with E-state index in [4.69, 9.17) is 0 Å². The molecule has 0 radical (unpaired) electrons. The molecular weight excluding hydrogens is 324 g/mol. The molecule has 5 nitrogen and oxygen atoms in total. The summed E-state index contributed by atoms with van der Waals surface area (Å²) in [6.07, 6.45) is 5.84. The third kappa shape index (κ3) is 4.97. The predicted molar refractivity (Wildman–Crippen MR) is 97.8 cm³/mol. The molecule has 1 aromatic rings. The van der Waals surface area contributed by atoms with Gasteiger partial charge in [0, 0.05) is 26.1 Å². The van der Waals surface area contributed by atoms with E-state index in [1.807, 2.05) is 36.9 Å². The van der Waals surface area contributed by atoms with Gasteiger partial charge in [-0.2, -0.15) is 0 Å². The van der Waals surface area contributed by atoms with Crippen molar-refractivity contribution in [3.05, 3.63) is 29.3 Å². The number of benzene rings is 1. The highest BCUT2D eigenvalue weighted by atomic mass is 32.2. The number of anilines is 1. The fourth-order valence-corrected chi connectivity index (χ4v) is 4.21. The molecule has 134 valence electrons. The van der Waals surface area contributed by atoms with Crippen LogP contribution < -0.4 is 4.31 Å². The quantitative estimate of drug-likeness (QED) is 0.819. The normalized spacial score (nSPS) is 15.9. The Morgan fingerprint density at radius 3 is 2.29 bits per heavy atom. The molecule has 1 aliphatic heterocycles. The van der Waals surface area contributed by atoms with E-state index in [0.717, 1.165) is 37.1 Å². The maximum atomic E-state index is 12.5. The van der Waals surface area contributed by atoms with Gasteiger partial charge in [0.2, 0.25) is 15.9 Å². The lowest BCUT2D eigenvalue weighted by Gasteiger charge is -2.26. The number of likely N-dealkylation sites (tertiary alicyclic amines) is 1. The summed E-state index contributed by atoms with van der Waals surface area (Å²) in [7, 11) is -3.42. The van der Waals surface area contributed by atoms with Gasteiger partial charge in [0.1, 0.15) is 0 Å². The third-order valence-corrected chi connectivity index (χ3v) is 5.69. The molecule has 1 aromatic carbocycles. The topological polar surface area (TPSA) is 57.7 Å². The van der Waals surface area contributed by atoms with Crippen LogP contribution in [0.1, 0.15) is 43.2 Å². The first-order valence-electron chi connectivity index (χ1n) is 8.62. The maximum Gasteiger partial charge on any atom is 0.232 e. The van der Waals surface area contributed by atoms with Gasteiger partial charge in [0.05, 0.1) is 11.9 Å². The Hall–Kier alpha value is -1.56. The summed E-state index contributed by atoms with van der Waals surface area (Å²) < 4.78 is 25.8. The number of aryl methyl sites for hydroxylation is 2. The van der Waals surface area contributed by atoms with Crippen LogP contribution in [0.4, 0.5) is 5.69 Å². The van der Waals surface area contributed by atoms with Crippen LogP contribution in [0, 0.1) is 13.8 Å². The second-order valence-corrected chi connectivity index (χ2v) is 8.58. The van der Waals surface area contributed by atoms with Crippen molar-refractivity contribution in [1.29, 1.82) is 0 Å². The van der Waals surface area contributed by atoms with Gasteiger partial charge >= 0.3 is 0 Å². The molecule has 0 aromatic heterocycles. The summed E-state index contributed by atoms with van der Waals surface area (Å²) in [5, 5.41) is 0. The lowest BCUT2D eigenvalue weighted by atomic mass is 10.1. The summed E-state index contributed by atoms with van der Waals surface area (Å²) in [6, 6.07) is 5.68. The van der Waals surface area contributed by atoms with Crippen LogP contribution in [-0.2, 0) is 14.8 Å². The van der Waals surface area contributed by atoms with Crippen LogP contribution in [0.25, 0.3) is 0 Å². The Morgan fingerprint density at radius 2 is 1.75 bits per heavy atom. The van der Waals surface area contributed by atoms with Crippen molar-refractivity contribution >= 4 is 21.6 Å². The number of amides is 1. The predicted octanol–water partition coefficient (Wildman–Crippen LogP) is 2.86. The smallest absolute Gasteiger partial charge is 0.232 e.